The van der Waals surface area contributed by atoms with Crippen LogP contribution in [0.3, 0.4) is 0 Å². The van der Waals surface area contributed by atoms with Crippen molar-refractivity contribution in [2.24, 2.45) is 0 Å². The number of aromatic nitrogens is 1. The average molecular weight is 413 g/mol. The van der Waals surface area contributed by atoms with Gasteiger partial charge < -0.3 is 19.5 Å². The summed E-state index contributed by atoms with van der Waals surface area (Å²) in [6.07, 6.45) is 3.33. The highest BCUT2D eigenvalue weighted by Crippen LogP contribution is 2.24. The summed E-state index contributed by atoms with van der Waals surface area (Å²) in [6.45, 7) is 2.05. The normalized spacial score (nSPS) is 19.4. The zero-order chi connectivity index (χ0) is 20.1. The molecule has 0 bridgehead atoms. The van der Waals surface area contributed by atoms with Gasteiger partial charge in [-0.1, -0.05) is 23.7 Å². The highest BCUT2D eigenvalue weighted by Gasteiger charge is 2.22. The van der Waals surface area contributed by atoms with Crippen molar-refractivity contribution in [2.75, 3.05) is 20.3 Å². The van der Waals surface area contributed by atoms with Crippen molar-refractivity contribution in [3.8, 4) is 5.75 Å². The number of nitrogens with zero attached hydrogens (tertiary/aromatic N) is 1. The van der Waals surface area contributed by atoms with E-state index < -0.39 is 0 Å². The second kappa shape index (κ2) is 9.55. The van der Waals surface area contributed by atoms with Crippen molar-refractivity contribution in [2.45, 2.75) is 31.7 Å². The van der Waals surface area contributed by atoms with Gasteiger partial charge in [-0.15, -0.1) is 0 Å². The van der Waals surface area contributed by atoms with Crippen LogP contribution in [0.2, 0.25) is 5.02 Å². The van der Waals surface area contributed by atoms with Gasteiger partial charge in [0, 0.05) is 29.6 Å². The number of aryl methyl sites for hydroxylation is 1. The Morgan fingerprint density at radius 1 is 1.10 bits per heavy atom. The topological polar surface area (TPSA) is 52.6 Å². The van der Waals surface area contributed by atoms with Gasteiger partial charge in [0.25, 0.3) is 0 Å². The third kappa shape index (κ3) is 5.25. The second-order valence-electron chi connectivity index (χ2n) is 7.19. The molecule has 0 aliphatic carbocycles. The molecule has 0 amide bonds. The summed E-state index contributed by atoms with van der Waals surface area (Å²) in [5, 5.41) is 5.34. The van der Waals surface area contributed by atoms with E-state index in [1.54, 1.807) is 7.11 Å². The number of pyridine rings is 1. The Labute approximate surface area is 175 Å². The predicted molar refractivity (Wildman–Crippen MR) is 114 cm³/mol. The monoisotopic (exact) mass is 412 g/mol. The highest BCUT2D eigenvalue weighted by atomic mass is 35.5. The molecule has 0 unspecified atom stereocenters. The minimum atomic E-state index is -0.183. The molecule has 0 radical (unpaired) electrons. The lowest BCUT2D eigenvalue weighted by atomic mass is 10.0. The van der Waals surface area contributed by atoms with E-state index in [1.807, 2.05) is 48.7 Å². The van der Waals surface area contributed by atoms with E-state index in [9.17, 15) is 0 Å². The van der Waals surface area contributed by atoms with Gasteiger partial charge in [0.05, 0.1) is 31.9 Å². The van der Waals surface area contributed by atoms with E-state index in [0.717, 1.165) is 41.1 Å². The summed E-state index contributed by atoms with van der Waals surface area (Å²) in [4.78, 5) is 4.44. The van der Waals surface area contributed by atoms with Crippen LogP contribution in [0, 0.1) is 0 Å². The van der Waals surface area contributed by atoms with Gasteiger partial charge in [-0.2, -0.15) is 0 Å². The molecule has 1 fully saturated rings. The van der Waals surface area contributed by atoms with Gasteiger partial charge in [-0.05, 0) is 53.9 Å². The lowest BCUT2D eigenvalue weighted by molar-refractivity contribution is -0.192. The Balaban J connectivity index is 1.27. The minimum Gasteiger partial charge on any atom is -0.497 e. The van der Waals surface area contributed by atoms with E-state index in [2.05, 4.69) is 16.4 Å². The molecular formula is C23H25ClN2O3. The van der Waals surface area contributed by atoms with Crippen LogP contribution in [0.25, 0.3) is 10.9 Å². The van der Waals surface area contributed by atoms with E-state index in [1.165, 1.54) is 11.1 Å². The van der Waals surface area contributed by atoms with Crippen LogP contribution in [-0.4, -0.2) is 37.6 Å². The van der Waals surface area contributed by atoms with E-state index in [4.69, 9.17) is 25.8 Å². The van der Waals surface area contributed by atoms with Crippen molar-refractivity contribution in [3.63, 3.8) is 0 Å². The third-order valence-corrected chi connectivity index (χ3v) is 5.42. The Morgan fingerprint density at radius 2 is 1.90 bits per heavy atom. The van der Waals surface area contributed by atoms with Crippen LogP contribution in [0.1, 0.15) is 17.5 Å². The summed E-state index contributed by atoms with van der Waals surface area (Å²) in [6, 6.07) is 16.1. The number of halogens is 1. The summed E-state index contributed by atoms with van der Waals surface area (Å²) < 4.78 is 17.2. The molecule has 0 saturated carbocycles. The van der Waals surface area contributed by atoms with Crippen molar-refractivity contribution in [1.82, 2.24) is 10.3 Å². The number of rotatable bonds is 7. The van der Waals surface area contributed by atoms with Gasteiger partial charge in [-0.25, -0.2) is 0 Å². The molecule has 4 rings (SSSR count). The number of nitrogens with one attached hydrogen (secondary N) is 1. The maximum Gasteiger partial charge on any atom is 0.158 e. The van der Waals surface area contributed by atoms with Crippen molar-refractivity contribution < 1.29 is 14.2 Å². The Kier molecular flexibility index (Phi) is 6.62. The number of hydrogen-bond donors (Lipinski definition) is 1. The molecular weight excluding hydrogens is 388 g/mol. The number of methoxy groups -OCH3 is 1. The molecule has 1 aromatic heterocycles. The first-order valence-corrected chi connectivity index (χ1v) is 10.2. The van der Waals surface area contributed by atoms with Gasteiger partial charge in [-0.3, -0.25) is 4.98 Å². The van der Waals surface area contributed by atoms with Gasteiger partial charge >= 0.3 is 0 Å². The first-order valence-electron chi connectivity index (χ1n) is 9.84. The van der Waals surface area contributed by atoms with Gasteiger partial charge in [0.2, 0.25) is 0 Å². The van der Waals surface area contributed by atoms with E-state index in [-0.39, 0.29) is 12.3 Å². The van der Waals surface area contributed by atoms with Crippen LogP contribution in [0.5, 0.6) is 5.75 Å². The minimum absolute atomic E-state index is 0.183. The summed E-state index contributed by atoms with van der Waals surface area (Å²) in [5.41, 5.74) is 3.39. The van der Waals surface area contributed by atoms with E-state index >= 15 is 0 Å². The van der Waals surface area contributed by atoms with Gasteiger partial charge in [0.15, 0.2) is 6.29 Å². The van der Waals surface area contributed by atoms with Gasteiger partial charge in [0.1, 0.15) is 5.75 Å². The fourth-order valence-corrected chi connectivity index (χ4v) is 3.62. The average Bonchev–Trinajstić information content (AvgIpc) is 2.77. The number of benzene rings is 2. The zero-order valence-electron chi connectivity index (χ0n) is 16.4. The summed E-state index contributed by atoms with van der Waals surface area (Å²) in [5.74, 6) is 0.839. The molecule has 0 spiro atoms. The van der Waals surface area contributed by atoms with Crippen molar-refractivity contribution >= 4 is 22.5 Å². The Bertz CT molecular complexity index is 941. The molecule has 29 heavy (non-hydrogen) atoms. The quantitative estimate of drug-likeness (QED) is 0.624. The standard InChI is InChI=1S/C23H25ClN2O3/c1-27-20-7-8-22-21(12-20)17(10-11-25-22)4-9-23-28-14-19(15-29-23)26-13-16-2-5-18(24)6-3-16/h2-3,5-8,10-12,19,23,26H,4,9,13-15H2,1H3/t19-,23-. The smallest absolute Gasteiger partial charge is 0.158 e. The van der Waals surface area contributed by atoms with Crippen LogP contribution in [0.4, 0.5) is 0 Å². The zero-order valence-corrected chi connectivity index (χ0v) is 17.2. The van der Waals surface area contributed by atoms with Crippen LogP contribution >= 0.6 is 11.6 Å². The summed E-state index contributed by atoms with van der Waals surface area (Å²) in [7, 11) is 1.68. The fourth-order valence-electron chi connectivity index (χ4n) is 3.49. The van der Waals surface area contributed by atoms with Crippen LogP contribution in [-0.2, 0) is 22.4 Å². The summed E-state index contributed by atoms with van der Waals surface area (Å²) >= 11 is 5.93. The third-order valence-electron chi connectivity index (χ3n) is 5.16. The van der Waals surface area contributed by atoms with Crippen LogP contribution < -0.4 is 10.1 Å². The molecule has 3 aromatic rings. The lowest BCUT2D eigenvalue weighted by Gasteiger charge is -2.30. The van der Waals surface area contributed by atoms with Crippen molar-refractivity contribution in [3.05, 3.63) is 70.9 Å². The Hall–Kier alpha value is -2.18. The van der Waals surface area contributed by atoms with Crippen molar-refractivity contribution in [1.29, 1.82) is 0 Å². The lowest BCUT2D eigenvalue weighted by Crippen LogP contribution is -2.44. The Morgan fingerprint density at radius 3 is 2.66 bits per heavy atom. The number of hydrogen-bond acceptors (Lipinski definition) is 5. The highest BCUT2D eigenvalue weighted by molar-refractivity contribution is 6.30. The molecule has 5 nitrogen and oxygen atoms in total. The number of fused-ring (bicyclic) bond motifs is 1. The van der Waals surface area contributed by atoms with E-state index in [0.29, 0.717) is 13.2 Å². The molecule has 1 aliphatic heterocycles. The SMILES string of the molecule is COc1ccc2nccc(CC[C@H]3OC[C@H](NCc4ccc(Cl)cc4)CO3)c2c1. The molecule has 6 heteroatoms. The molecule has 1 N–H and O–H groups in total. The molecule has 1 aliphatic rings. The maximum absolute atomic E-state index is 5.93. The first kappa shape index (κ1) is 20.1. The molecule has 1 saturated heterocycles. The molecule has 2 aromatic carbocycles. The molecule has 152 valence electrons. The molecule has 2 heterocycles. The fraction of sp³-hybridized carbons (Fsp3) is 0.348. The predicted octanol–water partition coefficient (Wildman–Crippen LogP) is 4.36. The van der Waals surface area contributed by atoms with Crippen LogP contribution in [0.15, 0.2) is 54.7 Å². The number of ether oxygens (including phenoxy) is 3. The first-order chi connectivity index (χ1) is 14.2. The largest absolute Gasteiger partial charge is 0.497 e. The molecule has 0 atom stereocenters. The maximum atomic E-state index is 5.93. The second-order valence-corrected chi connectivity index (χ2v) is 7.63.